The van der Waals surface area contributed by atoms with Crippen LogP contribution in [0.3, 0.4) is 0 Å². The van der Waals surface area contributed by atoms with Crippen LogP contribution in [-0.2, 0) is 14.3 Å². The van der Waals surface area contributed by atoms with Crippen molar-refractivity contribution in [1.29, 1.82) is 0 Å². The van der Waals surface area contributed by atoms with Gasteiger partial charge in [-0.1, -0.05) is 121 Å². The highest BCUT2D eigenvalue weighted by molar-refractivity contribution is 5.76. The lowest BCUT2D eigenvalue weighted by atomic mass is 9.99. The Balaban J connectivity index is 2.54. The van der Waals surface area contributed by atoms with Gasteiger partial charge in [0.05, 0.1) is 25.4 Å². The van der Waals surface area contributed by atoms with Crippen molar-refractivity contribution in [3.63, 3.8) is 0 Å². The van der Waals surface area contributed by atoms with Crippen molar-refractivity contribution in [1.82, 2.24) is 5.32 Å². The molecule has 1 fully saturated rings. The Hall–Kier alpha value is -1.59. The second kappa shape index (κ2) is 27.5. The number of carbonyl (C=O) groups is 1. The zero-order valence-corrected chi connectivity index (χ0v) is 28.1. The number of carbonyl (C=O) groups excluding carboxylic acids is 1. The SMILES string of the molecule is CCC/C=C/CC/C=C/CC/C=C/C(O)C(COC1OC(CO)C(O)C(O)C1O)NC(=O)CCCCCCCCCCCCC. The van der Waals surface area contributed by atoms with Crippen LogP contribution in [0.15, 0.2) is 36.5 Å². The summed E-state index contributed by atoms with van der Waals surface area (Å²) in [7, 11) is 0. The van der Waals surface area contributed by atoms with Gasteiger partial charge in [0, 0.05) is 6.42 Å². The second-order valence-electron chi connectivity index (χ2n) is 12.3. The molecule has 1 heterocycles. The summed E-state index contributed by atoms with van der Waals surface area (Å²) in [6, 6.07) is -0.820. The predicted octanol–water partition coefficient (Wildman–Crippen LogP) is 5.38. The fourth-order valence-electron chi connectivity index (χ4n) is 5.25. The first-order valence-electron chi connectivity index (χ1n) is 17.7. The van der Waals surface area contributed by atoms with E-state index in [9.17, 15) is 30.3 Å². The lowest BCUT2D eigenvalue weighted by molar-refractivity contribution is -0.302. The Bertz CT molecular complexity index is 802. The Kier molecular flexibility index (Phi) is 25.3. The third-order valence-corrected chi connectivity index (χ3v) is 8.18. The number of hydrogen-bond donors (Lipinski definition) is 6. The van der Waals surface area contributed by atoms with Crippen LogP contribution in [0.4, 0.5) is 0 Å². The molecule has 0 radical (unpaired) electrons. The average Bonchev–Trinajstić information content (AvgIpc) is 3.04. The topological polar surface area (TPSA) is 149 Å². The minimum absolute atomic E-state index is 0.198. The van der Waals surface area contributed by atoms with Crippen LogP contribution >= 0.6 is 0 Å². The molecule has 0 aliphatic carbocycles. The van der Waals surface area contributed by atoms with E-state index >= 15 is 0 Å². The number of aliphatic hydroxyl groups is 5. The van der Waals surface area contributed by atoms with Gasteiger partial charge >= 0.3 is 0 Å². The van der Waals surface area contributed by atoms with E-state index in [1.54, 1.807) is 6.08 Å². The maximum absolute atomic E-state index is 12.8. The van der Waals surface area contributed by atoms with Gasteiger partial charge in [-0.2, -0.15) is 0 Å². The highest BCUT2D eigenvalue weighted by Crippen LogP contribution is 2.22. The van der Waals surface area contributed by atoms with E-state index in [0.29, 0.717) is 6.42 Å². The molecule has 1 aliphatic heterocycles. The van der Waals surface area contributed by atoms with Gasteiger partial charge in [0.15, 0.2) is 6.29 Å². The molecule has 45 heavy (non-hydrogen) atoms. The summed E-state index contributed by atoms with van der Waals surface area (Å²) in [6.07, 6.45) is 23.4. The molecule has 0 aromatic heterocycles. The Morgan fingerprint density at radius 2 is 1.27 bits per heavy atom. The lowest BCUT2D eigenvalue weighted by Crippen LogP contribution is -2.60. The van der Waals surface area contributed by atoms with Gasteiger partial charge in [0.2, 0.25) is 5.91 Å². The number of allylic oxidation sites excluding steroid dienone is 5. The number of hydrogen-bond acceptors (Lipinski definition) is 8. The van der Waals surface area contributed by atoms with Gasteiger partial charge in [-0.25, -0.2) is 0 Å². The van der Waals surface area contributed by atoms with E-state index in [2.05, 4.69) is 43.5 Å². The summed E-state index contributed by atoms with van der Waals surface area (Å²) in [5.74, 6) is -0.198. The van der Waals surface area contributed by atoms with E-state index in [0.717, 1.165) is 57.8 Å². The number of amides is 1. The van der Waals surface area contributed by atoms with Gasteiger partial charge in [-0.3, -0.25) is 4.79 Å². The van der Waals surface area contributed by atoms with Crippen LogP contribution in [0.25, 0.3) is 0 Å². The molecule has 1 saturated heterocycles. The molecule has 0 aromatic rings. The summed E-state index contributed by atoms with van der Waals surface area (Å²) in [5.41, 5.74) is 0. The van der Waals surface area contributed by atoms with Gasteiger partial charge in [0.1, 0.15) is 24.4 Å². The largest absolute Gasteiger partial charge is 0.394 e. The molecule has 1 aliphatic rings. The van der Waals surface area contributed by atoms with Crippen LogP contribution in [0, 0.1) is 0 Å². The van der Waals surface area contributed by atoms with Gasteiger partial charge in [0.25, 0.3) is 0 Å². The number of rotatable bonds is 27. The molecule has 262 valence electrons. The zero-order chi connectivity index (χ0) is 33.1. The standard InChI is InChI=1S/C36H65NO8/c1-3-5-7-9-11-13-15-17-19-21-23-25-30(39)29(28-44-36-35(43)34(42)33(41)31(27-38)45-36)37-32(40)26-24-22-20-18-16-14-12-10-8-6-4-2/h7,9,15,17,23,25,29-31,33-36,38-39,41-43H,3-6,8,10-14,16,18-22,24,26-28H2,1-2H3,(H,37,40)/b9-7+,17-15+,25-23+. The first kappa shape index (κ1) is 41.4. The fourth-order valence-corrected chi connectivity index (χ4v) is 5.25. The van der Waals surface area contributed by atoms with E-state index in [4.69, 9.17) is 9.47 Å². The lowest BCUT2D eigenvalue weighted by Gasteiger charge is -2.40. The maximum atomic E-state index is 12.8. The summed E-state index contributed by atoms with van der Waals surface area (Å²) in [5, 5.41) is 53.7. The van der Waals surface area contributed by atoms with Crippen molar-refractivity contribution in [3.8, 4) is 0 Å². The van der Waals surface area contributed by atoms with Gasteiger partial charge < -0.3 is 40.3 Å². The van der Waals surface area contributed by atoms with Crippen LogP contribution in [0.1, 0.15) is 129 Å². The van der Waals surface area contributed by atoms with Crippen molar-refractivity contribution in [3.05, 3.63) is 36.5 Å². The molecule has 0 spiro atoms. The third-order valence-electron chi connectivity index (χ3n) is 8.18. The molecule has 7 unspecified atom stereocenters. The van der Waals surface area contributed by atoms with E-state index < -0.39 is 49.5 Å². The van der Waals surface area contributed by atoms with Crippen molar-refractivity contribution >= 4 is 5.91 Å². The Morgan fingerprint density at radius 3 is 1.82 bits per heavy atom. The highest BCUT2D eigenvalue weighted by atomic mass is 16.7. The zero-order valence-electron chi connectivity index (χ0n) is 28.1. The number of ether oxygens (including phenoxy) is 2. The van der Waals surface area contributed by atoms with Crippen molar-refractivity contribution in [2.45, 2.75) is 172 Å². The summed E-state index contributed by atoms with van der Waals surface area (Å²) in [6.45, 7) is 3.62. The predicted molar refractivity (Wildman–Crippen MR) is 180 cm³/mol. The van der Waals surface area contributed by atoms with E-state index in [1.807, 2.05) is 6.08 Å². The smallest absolute Gasteiger partial charge is 0.220 e. The molecule has 0 bridgehead atoms. The minimum atomic E-state index is -1.57. The molecule has 9 nitrogen and oxygen atoms in total. The van der Waals surface area contributed by atoms with Gasteiger partial charge in [-0.05, 0) is 38.5 Å². The second-order valence-corrected chi connectivity index (χ2v) is 12.3. The highest BCUT2D eigenvalue weighted by Gasteiger charge is 2.44. The molecule has 0 aromatic carbocycles. The Labute approximate surface area is 272 Å². The molecule has 1 amide bonds. The monoisotopic (exact) mass is 639 g/mol. The number of unbranched alkanes of at least 4 members (excludes halogenated alkanes) is 13. The Morgan fingerprint density at radius 1 is 0.733 bits per heavy atom. The number of aliphatic hydroxyl groups excluding tert-OH is 5. The summed E-state index contributed by atoms with van der Waals surface area (Å²) < 4.78 is 11.1. The minimum Gasteiger partial charge on any atom is -0.394 e. The summed E-state index contributed by atoms with van der Waals surface area (Å²) in [4.78, 5) is 12.8. The molecule has 9 heteroatoms. The quantitative estimate of drug-likeness (QED) is 0.0519. The van der Waals surface area contributed by atoms with Crippen molar-refractivity contribution < 1.29 is 39.8 Å². The average molecular weight is 640 g/mol. The molecule has 7 atom stereocenters. The van der Waals surface area contributed by atoms with Crippen LogP contribution < -0.4 is 5.32 Å². The van der Waals surface area contributed by atoms with Crippen LogP contribution in [-0.4, -0.2) is 87.5 Å². The molecule has 6 N–H and O–H groups in total. The van der Waals surface area contributed by atoms with Crippen molar-refractivity contribution in [2.24, 2.45) is 0 Å². The van der Waals surface area contributed by atoms with Crippen molar-refractivity contribution in [2.75, 3.05) is 13.2 Å². The summed E-state index contributed by atoms with van der Waals surface area (Å²) >= 11 is 0. The van der Waals surface area contributed by atoms with Crippen LogP contribution in [0.2, 0.25) is 0 Å². The maximum Gasteiger partial charge on any atom is 0.220 e. The fraction of sp³-hybridized carbons (Fsp3) is 0.806. The first-order valence-corrected chi connectivity index (χ1v) is 17.7. The van der Waals surface area contributed by atoms with Crippen LogP contribution in [0.5, 0.6) is 0 Å². The van der Waals surface area contributed by atoms with Gasteiger partial charge in [-0.15, -0.1) is 0 Å². The molecule has 0 saturated carbocycles. The molecular formula is C36H65NO8. The first-order chi connectivity index (χ1) is 21.8. The van der Waals surface area contributed by atoms with E-state index in [1.165, 1.54) is 51.4 Å². The molecule has 1 rings (SSSR count). The normalized spacial score (nSPS) is 23.8. The third kappa shape index (κ3) is 19.6. The molecular weight excluding hydrogens is 574 g/mol. The number of nitrogens with one attached hydrogen (secondary N) is 1. The van der Waals surface area contributed by atoms with E-state index in [-0.39, 0.29) is 12.5 Å².